The second-order valence-electron chi connectivity index (χ2n) is 5.58. The largest absolute Gasteiger partial charge is 0.328 e. The lowest BCUT2D eigenvalue weighted by Crippen LogP contribution is -2.16. The highest BCUT2D eigenvalue weighted by atomic mass is 16.1. The Morgan fingerprint density at radius 1 is 1.25 bits per heavy atom. The summed E-state index contributed by atoms with van der Waals surface area (Å²) in [4.78, 5) is 16.7. The summed E-state index contributed by atoms with van der Waals surface area (Å²) in [6.45, 7) is 4.01. The third kappa shape index (κ3) is 3.42. The van der Waals surface area contributed by atoms with Crippen LogP contribution < -0.4 is 5.73 Å². The molecule has 2 atom stereocenters. The first-order valence-electron chi connectivity index (χ1n) is 7.22. The number of carbonyl (C=O) groups is 1. The summed E-state index contributed by atoms with van der Waals surface area (Å²) >= 11 is 0. The van der Waals surface area contributed by atoms with Gasteiger partial charge in [0.15, 0.2) is 5.78 Å². The Balaban J connectivity index is 2.14. The van der Waals surface area contributed by atoms with Gasteiger partial charge in [0.05, 0.1) is 0 Å². The van der Waals surface area contributed by atoms with E-state index in [0.717, 1.165) is 35.6 Å². The maximum Gasteiger partial charge on any atom is 0.166 e. The summed E-state index contributed by atoms with van der Waals surface area (Å²) in [6, 6.07) is 7.94. The number of nitrogens with two attached hydrogens (primary N) is 1. The van der Waals surface area contributed by atoms with Crippen LogP contribution in [0.4, 0.5) is 0 Å². The van der Waals surface area contributed by atoms with Crippen molar-refractivity contribution in [2.24, 2.45) is 11.7 Å². The highest BCUT2D eigenvalue weighted by Gasteiger charge is 2.17. The van der Waals surface area contributed by atoms with Crippen molar-refractivity contribution in [2.75, 3.05) is 0 Å². The lowest BCUT2D eigenvalue weighted by Gasteiger charge is -2.13. The van der Waals surface area contributed by atoms with E-state index in [2.05, 4.69) is 4.98 Å². The van der Waals surface area contributed by atoms with Gasteiger partial charge in [0.2, 0.25) is 0 Å². The van der Waals surface area contributed by atoms with Gasteiger partial charge in [-0.05, 0) is 31.2 Å². The van der Waals surface area contributed by atoms with E-state index in [1.807, 2.05) is 38.1 Å². The number of ketones is 1. The molecule has 2 unspecified atom stereocenters. The van der Waals surface area contributed by atoms with Gasteiger partial charge >= 0.3 is 0 Å². The van der Waals surface area contributed by atoms with Crippen molar-refractivity contribution in [1.29, 1.82) is 0 Å². The Bertz CT molecular complexity index is 587. The molecular weight excluding hydrogens is 248 g/mol. The minimum Gasteiger partial charge on any atom is -0.328 e. The summed E-state index contributed by atoms with van der Waals surface area (Å²) in [5.41, 5.74) is 6.55. The third-order valence-electron chi connectivity index (χ3n) is 3.69. The van der Waals surface area contributed by atoms with Crippen molar-refractivity contribution >= 4 is 16.6 Å². The zero-order valence-electron chi connectivity index (χ0n) is 12.2. The number of hydrogen-bond donors (Lipinski definition) is 1. The molecule has 0 aliphatic rings. The number of fused-ring (bicyclic) bond motifs is 1. The SMILES string of the molecule is CC(N)CCCC(C)C(=O)c1cccc2cnccc12. The number of rotatable bonds is 6. The van der Waals surface area contributed by atoms with Crippen LogP contribution in [0.25, 0.3) is 10.8 Å². The molecule has 20 heavy (non-hydrogen) atoms. The predicted molar refractivity (Wildman–Crippen MR) is 82.7 cm³/mol. The van der Waals surface area contributed by atoms with Gasteiger partial charge in [-0.2, -0.15) is 0 Å². The van der Waals surface area contributed by atoms with Gasteiger partial charge in [-0.25, -0.2) is 0 Å². The molecule has 0 amide bonds. The molecule has 0 fully saturated rings. The predicted octanol–water partition coefficient (Wildman–Crippen LogP) is 3.57. The zero-order chi connectivity index (χ0) is 14.5. The lowest BCUT2D eigenvalue weighted by atomic mass is 9.91. The Morgan fingerprint density at radius 2 is 2.05 bits per heavy atom. The summed E-state index contributed by atoms with van der Waals surface area (Å²) in [5, 5.41) is 2.01. The third-order valence-corrected chi connectivity index (χ3v) is 3.69. The van der Waals surface area contributed by atoms with Crippen molar-refractivity contribution in [2.45, 2.75) is 39.2 Å². The van der Waals surface area contributed by atoms with Crippen molar-refractivity contribution in [3.63, 3.8) is 0 Å². The molecule has 0 aliphatic carbocycles. The monoisotopic (exact) mass is 270 g/mol. The molecule has 0 saturated carbocycles. The van der Waals surface area contributed by atoms with Gasteiger partial charge in [0.25, 0.3) is 0 Å². The Morgan fingerprint density at radius 3 is 2.80 bits per heavy atom. The van der Waals surface area contributed by atoms with Gasteiger partial charge in [-0.1, -0.05) is 31.5 Å². The number of pyridine rings is 1. The number of benzene rings is 1. The van der Waals surface area contributed by atoms with Gasteiger partial charge in [-0.15, -0.1) is 0 Å². The van der Waals surface area contributed by atoms with Crippen LogP contribution in [0.1, 0.15) is 43.5 Å². The maximum absolute atomic E-state index is 12.6. The van der Waals surface area contributed by atoms with E-state index in [0.29, 0.717) is 0 Å². The minimum atomic E-state index is 0.0347. The molecule has 1 aromatic heterocycles. The molecule has 1 heterocycles. The standard InChI is InChI=1S/C17H22N2O/c1-12(5-3-6-13(2)18)17(20)16-8-4-7-14-11-19-10-9-15(14)16/h4,7-13H,3,5-6,18H2,1-2H3. The number of carbonyl (C=O) groups excluding carboxylic acids is 1. The first kappa shape index (κ1) is 14.7. The van der Waals surface area contributed by atoms with Crippen molar-refractivity contribution < 1.29 is 4.79 Å². The topological polar surface area (TPSA) is 56.0 Å². The molecule has 2 aromatic rings. The van der Waals surface area contributed by atoms with Gasteiger partial charge in [-0.3, -0.25) is 9.78 Å². The van der Waals surface area contributed by atoms with E-state index in [9.17, 15) is 4.79 Å². The van der Waals surface area contributed by atoms with E-state index >= 15 is 0 Å². The number of aromatic nitrogens is 1. The molecule has 1 aromatic carbocycles. The number of hydrogen-bond acceptors (Lipinski definition) is 3. The van der Waals surface area contributed by atoms with Crippen molar-refractivity contribution in [1.82, 2.24) is 4.98 Å². The fourth-order valence-corrected chi connectivity index (χ4v) is 2.48. The fourth-order valence-electron chi connectivity index (χ4n) is 2.48. The highest BCUT2D eigenvalue weighted by Crippen LogP contribution is 2.22. The summed E-state index contributed by atoms with van der Waals surface area (Å²) in [5.74, 6) is 0.249. The molecule has 3 nitrogen and oxygen atoms in total. The zero-order valence-corrected chi connectivity index (χ0v) is 12.2. The van der Waals surface area contributed by atoms with Gasteiger partial charge in [0.1, 0.15) is 0 Å². The lowest BCUT2D eigenvalue weighted by molar-refractivity contribution is 0.0923. The smallest absolute Gasteiger partial charge is 0.166 e. The molecule has 0 aliphatic heterocycles. The Kier molecular flexibility index (Phi) is 4.85. The summed E-state index contributed by atoms with van der Waals surface area (Å²) < 4.78 is 0. The first-order valence-corrected chi connectivity index (χ1v) is 7.22. The second-order valence-corrected chi connectivity index (χ2v) is 5.58. The average Bonchev–Trinajstić information content (AvgIpc) is 2.45. The molecular formula is C17H22N2O. The van der Waals surface area contributed by atoms with Crippen LogP contribution in [0.3, 0.4) is 0 Å². The summed E-state index contributed by atoms with van der Waals surface area (Å²) in [7, 11) is 0. The van der Waals surface area contributed by atoms with Crippen LogP contribution in [0.15, 0.2) is 36.7 Å². The Labute approximate surface area is 120 Å². The van der Waals surface area contributed by atoms with Crippen molar-refractivity contribution in [3.8, 4) is 0 Å². The van der Waals surface area contributed by atoms with E-state index in [1.54, 1.807) is 12.4 Å². The highest BCUT2D eigenvalue weighted by molar-refractivity contribution is 6.08. The van der Waals surface area contributed by atoms with Crippen molar-refractivity contribution in [3.05, 3.63) is 42.2 Å². The minimum absolute atomic E-state index is 0.0347. The molecule has 106 valence electrons. The molecule has 3 heteroatoms. The van der Waals surface area contributed by atoms with E-state index in [1.165, 1.54) is 0 Å². The number of Topliss-reactive ketones (excluding diaryl/α,β-unsaturated/α-hetero) is 1. The Hall–Kier alpha value is -1.74. The quantitative estimate of drug-likeness (QED) is 0.816. The van der Waals surface area contributed by atoms with Crippen LogP contribution in [-0.2, 0) is 0 Å². The second kappa shape index (κ2) is 6.62. The molecule has 2 rings (SSSR count). The van der Waals surface area contributed by atoms with Gasteiger partial charge in [0, 0.05) is 35.3 Å². The van der Waals surface area contributed by atoms with E-state index in [4.69, 9.17) is 5.73 Å². The molecule has 2 N–H and O–H groups in total. The molecule has 0 saturated heterocycles. The summed E-state index contributed by atoms with van der Waals surface area (Å²) in [6.07, 6.45) is 6.39. The van der Waals surface area contributed by atoms with E-state index in [-0.39, 0.29) is 17.7 Å². The number of nitrogens with zero attached hydrogens (tertiary/aromatic N) is 1. The maximum atomic E-state index is 12.6. The van der Waals surface area contributed by atoms with Crippen LogP contribution in [0.5, 0.6) is 0 Å². The van der Waals surface area contributed by atoms with Crippen LogP contribution in [0, 0.1) is 5.92 Å². The van der Waals surface area contributed by atoms with Crippen LogP contribution in [-0.4, -0.2) is 16.8 Å². The average molecular weight is 270 g/mol. The van der Waals surface area contributed by atoms with E-state index < -0.39 is 0 Å². The van der Waals surface area contributed by atoms with Crippen LogP contribution in [0.2, 0.25) is 0 Å². The fraction of sp³-hybridized carbons (Fsp3) is 0.412. The first-order chi connectivity index (χ1) is 9.59. The van der Waals surface area contributed by atoms with Crippen LogP contribution >= 0.6 is 0 Å². The molecule has 0 spiro atoms. The molecule has 0 bridgehead atoms. The molecule has 0 radical (unpaired) electrons. The normalized spacial score (nSPS) is 14.2. The van der Waals surface area contributed by atoms with Gasteiger partial charge < -0.3 is 5.73 Å².